The summed E-state index contributed by atoms with van der Waals surface area (Å²) in [6, 6.07) is 19.3. The van der Waals surface area contributed by atoms with Crippen molar-refractivity contribution in [2.75, 3.05) is 33.2 Å². The summed E-state index contributed by atoms with van der Waals surface area (Å²) in [5.41, 5.74) is 4.65. The lowest BCUT2D eigenvalue weighted by atomic mass is 9.93. The molecule has 178 valence electrons. The minimum atomic E-state index is -0.510. The van der Waals surface area contributed by atoms with Crippen LogP contribution < -0.4 is 19.5 Å². The number of anilines is 1. The molecule has 0 aromatic heterocycles. The molecule has 1 aliphatic heterocycles. The highest BCUT2D eigenvalue weighted by atomic mass is 16.5. The van der Waals surface area contributed by atoms with Crippen molar-refractivity contribution in [2.24, 2.45) is 15.4 Å². The lowest BCUT2D eigenvalue weighted by molar-refractivity contribution is -0.118. The normalized spacial score (nSPS) is 15.3. The van der Waals surface area contributed by atoms with Gasteiger partial charge in [-0.1, -0.05) is 24.3 Å². The average Bonchev–Trinajstić information content (AvgIpc) is 3.54. The number of hydrogen-bond donors (Lipinski definition) is 1. The summed E-state index contributed by atoms with van der Waals surface area (Å²) in [5.74, 6) is 2.04. The molecular formula is C27H26N4O4. The number of rotatable bonds is 8. The Morgan fingerprint density at radius 1 is 0.857 bits per heavy atom. The van der Waals surface area contributed by atoms with Gasteiger partial charge in [-0.2, -0.15) is 5.11 Å². The van der Waals surface area contributed by atoms with Crippen LogP contribution in [0.1, 0.15) is 24.0 Å². The molecule has 0 radical (unpaired) electrons. The second-order valence-electron chi connectivity index (χ2n) is 8.53. The van der Waals surface area contributed by atoms with Crippen molar-refractivity contribution < 1.29 is 19.0 Å². The van der Waals surface area contributed by atoms with Crippen LogP contribution in [0.5, 0.6) is 17.2 Å². The van der Waals surface area contributed by atoms with Crippen LogP contribution in [-0.4, -0.2) is 39.5 Å². The number of ether oxygens (including phenoxy) is 3. The molecule has 0 unspecified atom stereocenters. The Kier molecular flexibility index (Phi) is 5.94. The lowest BCUT2D eigenvalue weighted by Gasteiger charge is -2.18. The molecule has 1 saturated carbocycles. The minimum Gasteiger partial charge on any atom is -0.497 e. The molecule has 0 atom stereocenters. The molecular weight excluding hydrogens is 444 g/mol. The van der Waals surface area contributed by atoms with Gasteiger partial charge in [-0.3, -0.25) is 4.79 Å². The molecule has 2 aliphatic rings. The molecule has 0 bridgehead atoms. The standard InChI is InChI=1S/C27H26N4O4/c1-33-20-8-5-18(6-9-20)27(12-13-27)26(32)29-19-7-10-21(22(15-19)23-16-28-31-30-23)17-4-11-24(34-2)25(14-17)35-3/h4-11,14-15H,12-13,16H2,1-3H3,(H,29,32). The fourth-order valence-electron chi connectivity index (χ4n) is 4.40. The van der Waals surface area contributed by atoms with E-state index in [-0.39, 0.29) is 5.91 Å². The van der Waals surface area contributed by atoms with Gasteiger partial charge in [-0.25, -0.2) is 0 Å². The monoisotopic (exact) mass is 470 g/mol. The van der Waals surface area contributed by atoms with Crippen LogP contribution in [0.4, 0.5) is 5.69 Å². The number of carbonyl (C=O) groups excluding carboxylic acids is 1. The summed E-state index contributed by atoms with van der Waals surface area (Å²) >= 11 is 0. The lowest BCUT2D eigenvalue weighted by Crippen LogP contribution is -2.27. The molecule has 1 N–H and O–H groups in total. The second kappa shape index (κ2) is 9.21. The van der Waals surface area contributed by atoms with Crippen molar-refractivity contribution in [1.29, 1.82) is 0 Å². The van der Waals surface area contributed by atoms with E-state index in [0.717, 1.165) is 46.6 Å². The molecule has 8 heteroatoms. The third kappa shape index (κ3) is 4.23. The van der Waals surface area contributed by atoms with Crippen LogP contribution in [0.3, 0.4) is 0 Å². The molecule has 3 aromatic rings. The Hall–Kier alpha value is -4.20. The van der Waals surface area contributed by atoms with Gasteiger partial charge in [-0.15, -0.1) is 5.10 Å². The van der Waals surface area contributed by atoms with Crippen molar-refractivity contribution in [1.82, 2.24) is 0 Å². The second-order valence-corrected chi connectivity index (χ2v) is 8.53. The third-order valence-electron chi connectivity index (χ3n) is 6.56. The molecule has 5 rings (SSSR count). The summed E-state index contributed by atoms with van der Waals surface area (Å²) in [5, 5.41) is 15.1. The maximum absolute atomic E-state index is 13.4. The van der Waals surface area contributed by atoms with E-state index in [0.29, 0.717) is 23.7 Å². The molecule has 1 fully saturated rings. The van der Waals surface area contributed by atoms with Gasteiger partial charge in [0.15, 0.2) is 11.5 Å². The van der Waals surface area contributed by atoms with E-state index in [1.807, 2.05) is 60.7 Å². The van der Waals surface area contributed by atoms with E-state index in [4.69, 9.17) is 14.2 Å². The number of methoxy groups -OCH3 is 3. The number of hydrogen-bond acceptors (Lipinski definition) is 7. The predicted octanol–water partition coefficient (Wildman–Crippen LogP) is 5.22. The number of benzene rings is 3. The van der Waals surface area contributed by atoms with E-state index in [9.17, 15) is 4.79 Å². The fraction of sp³-hybridized carbons (Fsp3) is 0.259. The van der Waals surface area contributed by atoms with Gasteiger partial charge in [-0.05, 0) is 71.2 Å². The topological polar surface area (TPSA) is 93.9 Å². The van der Waals surface area contributed by atoms with E-state index in [1.54, 1.807) is 21.3 Å². The summed E-state index contributed by atoms with van der Waals surface area (Å²) < 4.78 is 16.1. The maximum Gasteiger partial charge on any atom is 0.235 e. The fourth-order valence-corrected chi connectivity index (χ4v) is 4.40. The van der Waals surface area contributed by atoms with Crippen molar-refractivity contribution >= 4 is 17.3 Å². The SMILES string of the molecule is COc1ccc(C2(C(=O)Nc3ccc(-c4ccc(OC)c(OC)c4)c(C4=NN=NC4)c3)CC2)cc1. The summed E-state index contributed by atoms with van der Waals surface area (Å²) in [6.45, 7) is 0.382. The summed E-state index contributed by atoms with van der Waals surface area (Å²) in [6.07, 6.45) is 1.62. The highest BCUT2D eigenvalue weighted by molar-refractivity contribution is 6.09. The zero-order chi connectivity index (χ0) is 24.4. The van der Waals surface area contributed by atoms with E-state index in [2.05, 4.69) is 20.8 Å². The van der Waals surface area contributed by atoms with Gasteiger partial charge < -0.3 is 19.5 Å². The molecule has 0 saturated heterocycles. The largest absolute Gasteiger partial charge is 0.497 e. The highest BCUT2D eigenvalue weighted by Gasteiger charge is 2.51. The molecule has 8 nitrogen and oxygen atoms in total. The Balaban J connectivity index is 1.46. The van der Waals surface area contributed by atoms with Crippen LogP contribution in [-0.2, 0) is 10.2 Å². The number of carbonyl (C=O) groups is 1. The zero-order valence-corrected chi connectivity index (χ0v) is 19.9. The Bertz CT molecular complexity index is 1330. The van der Waals surface area contributed by atoms with Gasteiger partial charge in [0.25, 0.3) is 0 Å². The Morgan fingerprint density at radius 2 is 1.63 bits per heavy atom. The first-order valence-corrected chi connectivity index (χ1v) is 11.3. The first kappa shape index (κ1) is 22.6. The van der Waals surface area contributed by atoms with Gasteiger partial charge in [0.1, 0.15) is 12.3 Å². The van der Waals surface area contributed by atoms with Crippen molar-refractivity contribution in [3.05, 3.63) is 71.8 Å². The zero-order valence-electron chi connectivity index (χ0n) is 19.9. The highest BCUT2D eigenvalue weighted by Crippen LogP contribution is 2.49. The number of amides is 1. The predicted molar refractivity (Wildman–Crippen MR) is 134 cm³/mol. The molecule has 1 heterocycles. The molecule has 35 heavy (non-hydrogen) atoms. The van der Waals surface area contributed by atoms with Gasteiger partial charge >= 0.3 is 0 Å². The van der Waals surface area contributed by atoms with Gasteiger partial charge in [0.2, 0.25) is 5.91 Å². The first-order chi connectivity index (χ1) is 17.1. The maximum atomic E-state index is 13.4. The number of nitrogens with one attached hydrogen (secondary N) is 1. The van der Waals surface area contributed by atoms with Crippen molar-refractivity contribution in [2.45, 2.75) is 18.3 Å². The average molecular weight is 471 g/mol. The van der Waals surface area contributed by atoms with E-state index < -0.39 is 5.41 Å². The van der Waals surface area contributed by atoms with E-state index >= 15 is 0 Å². The molecule has 0 spiro atoms. The van der Waals surface area contributed by atoms with E-state index in [1.165, 1.54) is 0 Å². The molecule has 1 aliphatic carbocycles. The van der Waals surface area contributed by atoms with Crippen LogP contribution in [0.2, 0.25) is 0 Å². The molecule has 1 amide bonds. The summed E-state index contributed by atoms with van der Waals surface area (Å²) in [7, 11) is 4.85. The quantitative estimate of drug-likeness (QED) is 0.488. The van der Waals surface area contributed by atoms with Crippen LogP contribution in [0, 0.1) is 0 Å². The van der Waals surface area contributed by atoms with Crippen LogP contribution in [0.25, 0.3) is 11.1 Å². The first-order valence-electron chi connectivity index (χ1n) is 11.3. The van der Waals surface area contributed by atoms with Crippen LogP contribution >= 0.6 is 0 Å². The Labute approximate surface area is 203 Å². The van der Waals surface area contributed by atoms with Crippen molar-refractivity contribution in [3.8, 4) is 28.4 Å². The smallest absolute Gasteiger partial charge is 0.235 e. The Morgan fingerprint density at radius 3 is 2.26 bits per heavy atom. The van der Waals surface area contributed by atoms with Crippen molar-refractivity contribution in [3.63, 3.8) is 0 Å². The molecule has 3 aromatic carbocycles. The summed E-state index contributed by atoms with van der Waals surface area (Å²) in [4.78, 5) is 13.4. The van der Waals surface area contributed by atoms with Gasteiger partial charge in [0.05, 0.1) is 32.5 Å². The number of nitrogens with zero attached hydrogens (tertiary/aromatic N) is 3. The van der Waals surface area contributed by atoms with Gasteiger partial charge in [0, 0.05) is 11.3 Å². The third-order valence-corrected chi connectivity index (χ3v) is 6.56. The van der Waals surface area contributed by atoms with Crippen LogP contribution in [0.15, 0.2) is 76.1 Å². The minimum absolute atomic E-state index is 0.0183.